The highest BCUT2D eigenvalue weighted by Crippen LogP contribution is 2.23. The summed E-state index contributed by atoms with van der Waals surface area (Å²) in [6.45, 7) is 1.81. The van der Waals surface area contributed by atoms with Gasteiger partial charge in [-0.25, -0.2) is 0 Å². The average Bonchev–Trinajstić information content (AvgIpc) is 2.61. The van der Waals surface area contributed by atoms with Crippen molar-refractivity contribution in [3.8, 4) is 0 Å². The van der Waals surface area contributed by atoms with Crippen LogP contribution < -0.4 is 16.4 Å². The Kier molecular flexibility index (Phi) is 7.60. The van der Waals surface area contributed by atoms with E-state index in [4.69, 9.17) is 5.73 Å². The maximum atomic E-state index is 12.6. The molecule has 0 fully saturated rings. The molecule has 0 saturated carbocycles. The Morgan fingerprint density at radius 3 is 2.25 bits per heavy atom. The van der Waals surface area contributed by atoms with E-state index in [9.17, 15) is 22.8 Å². The Bertz CT molecular complexity index is 840. The summed E-state index contributed by atoms with van der Waals surface area (Å²) in [7, 11) is 0. The molecule has 0 aliphatic rings. The lowest BCUT2D eigenvalue weighted by molar-refractivity contribution is -0.123. The normalized spacial score (nSPS) is 13.1. The van der Waals surface area contributed by atoms with Gasteiger partial charge in [-0.15, -0.1) is 12.4 Å². The maximum absolute atomic E-state index is 12.6. The van der Waals surface area contributed by atoms with Gasteiger partial charge in [-0.3, -0.25) is 9.59 Å². The van der Waals surface area contributed by atoms with Gasteiger partial charge < -0.3 is 16.4 Å². The predicted molar refractivity (Wildman–Crippen MR) is 103 cm³/mol. The first kappa shape index (κ1) is 23.5. The molecule has 0 aliphatic carbocycles. The SMILES string of the molecule is Cc1ccc(C(=O)NCC(F)(F)F)cc1NC(=O)C(C)(N)c1ccccc1.Cl. The van der Waals surface area contributed by atoms with Crippen molar-refractivity contribution in [3.63, 3.8) is 0 Å². The van der Waals surface area contributed by atoms with Gasteiger partial charge in [-0.2, -0.15) is 13.2 Å². The van der Waals surface area contributed by atoms with Gasteiger partial charge in [0.15, 0.2) is 0 Å². The monoisotopic (exact) mass is 415 g/mol. The van der Waals surface area contributed by atoms with Gasteiger partial charge >= 0.3 is 6.18 Å². The molecular weight excluding hydrogens is 395 g/mol. The second-order valence-electron chi connectivity index (χ2n) is 6.35. The Morgan fingerprint density at radius 1 is 1.07 bits per heavy atom. The minimum Gasteiger partial charge on any atom is -0.343 e. The summed E-state index contributed by atoms with van der Waals surface area (Å²) in [5, 5.41) is 4.44. The van der Waals surface area contributed by atoms with Crippen molar-refractivity contribution < 1.29 is 22.8 Å². The van der Waals surface area contributed by atoms with Crippen LogP contribution in [0.2, 0.25) is 0 Å². The predicted octanol–water partition coefficient (Wildman–Crippen LogP) is 3.52. The number of carbonyl (C=O) groups is 2. The first-order valence-corrected chi connectivity index (χ1v) is 8.12. The molecule has 4 N–H and O–H groups in total. The number of carbonyl (C=O) groups excluding carboxylic acids is 2. The average molecular weight is 416 g/mol. The third kappa shape index (κ3) is 5.97. The third-order valence-electron chi connectivity index (χ3n) is 4.04. The van der Waals surface area contributed by atoms with Crippen molar-refractivity contribution in [1.29, 1.82) is 0 Å². The van der Waals surface area contributed by atoms with E-state index >= 15 is 0 Å². The second-order valence-corrected chi connectivity index (χ2v) is 6.35. The number of nitrogens with one attached hydrogen (secondary N) is 2. The summed E-state index contributed by atoms with van der Waals surface area (Å²) in [6.07, 6.45) is -4.51. The van der Waals surface area contributed by atoms with Crippen molar-refractivity contribution in [1.82, 2.24) is 5.32 Å². The molecule has 1 atom stereocenters. The molecule has 0 saturated heterocycles. The molecule has 1 unspecified atom stereocenters. The second kappa shape index (κ2) is 9.07. The Labute approximate surface area is 166 Å². The number of rotatable bonds is 5. The van der Waals surface area contributed by atoms with Crippen molar-refractivity contribution in [2.75, 3.05) is 11.9 Å². The highest BCUT2D eigenvalue weighted by atomic mass is 35.5. The summed E-state index contributed by atoms with van der Waals surface area (Å²) < 4.78 is 36.8. The smallest absolute Gasteiger partial charge is 0.343 e. The quantitative estimate of drug-likeness (QED) is 0.698. The molecule has 0 bridgehead atoms. The lowest BCUT2D eigenvalue weighted by atomic mass is 9.92. The molecule has 5 nitrogen and oxygen atoms in total. The van der Waals surface area contributed by atoms with E-state index < -0.39 is 30.1 Å². The summed E-state index contributed by atoms with van der Waals surface area (Å²) in [4.78, 5) is 24.6. The number of hydrogen-bond acceptors (Lipinski definition) is 3. The molecule has 2 rings (SSSR count). The molecule has 9 heteroatoms. The first-order valence-electron chi connectivity index (χ1n) is 8.12. The summed E-state index contributed by atoms with van der Waals surface area (Å²) in [5.74, 6) is -1.40. The van der Waals surface area contributed by atoms with Gasteiger partial charge in [0, 0.05) is 11.3 Å². The lowest BCUT2D eigenvalue weighted by Gasteiger charge is -2.24. The summed E-state index contributed by atoms with van der Waals surface area (Å²) in [5.41, 5.74) is 6.36. The van der Waals surface area contributed by atoms with Crippen LogP contribution in [0, 0.1) is 6.92 Å². The van der Waals surface area contributed by atoms with Crippen LogP contribution in [-0.4, -0.2) is 24.5 Å². The number of alkyl halides is 3. The highest BCUT2D eigenvalue weighted by molar-refractivity contribution is 6.01. The van der Waals surface area contributed by atoms with Crippen molar-refractivity contribution in [3.05, 3.63) is 65.2 Å². The number of benzene rings is 2. The van der Waals surface area contributed by atoms with Gasteiger partial charge in [0.25, 0.3) is 5.91 Å². The van der Waals surface area contributed by atoms with E-state index in [2.05, 4.69) is 5.32 Å². The van der Waals surface area contributed by atoms with Gasteiger partial charge in [0.1, 0.15) is 12.1 Å². The van der Waals surface area contributed by atoms with Gasteiger partial charge in [-0.1, -0.05) is 36.4 Å². The van der Waals surface area contributed by atoms with Crippen LogP contribution in [-0.2, 0) is 10.3 Å². The molecule has 0 spiro atoms. The first-order chi connectivity index (χ1) is 12.5. The van der Waals surface area contributed by atoms with Crippen LogP contribution in [0.1, 0.15) is 28.4 Å². The Morgan fingerprint density at radius 2 is 1.68 bits per heavy atom. The molecule has 0 aromatic heterocycles. The topological polar surface area (TPSA) is 84.2 Å². The summed E-state index contributed by atoms with van der Waals surface area (Å²) in [6, 6.07) is 13.0. The van der Waals surface area contributed by atoms with E-state index in [1.165, 1.54) is 18.2 Å². The molecule has 0 heterocycles. The number of amides is 2. The zero-order valence-corrected chi connectivity index (χ0v) is 16.1. The van der Waals surface area contributed by atoms with Gasteiger partial charge in [0.2, 0.25) is 5.91 Å². The number of halogens is 4. The van der Waals surface area contributed by atoms with Crippen LogP contribution in [0.5, 0.6) is 0 Å². The molecule has 2 aromatic rings. The number of hydrogen-bond donors (Lipinski definition) is 3. The van der Waals surface area contributed by atoms with Crippen LogP contribution in [0.4, 0.5) is 18.9 Å². The van der Waals surface area contributed by atoms with Crippen molar-refractivity contribution in [2.45, 2.75) is 25.6 Å². The standard InChI is InChI=1S/C19H20F3N3O2.ClH/c1-12-8-9-13(16(26)24-11-19(20,21)22)10-15(12)25-17(27)18(2,23)14-6-4-3-5-7-14;/h3-10H,11,23H2,1-2H3,(H,24,26)(H,25,27);1H. The number of aryl methyl sites for hydroxylation is 1. The zero-order chi connectivity index (χ0) is 20.2. The highest BCUT2D eigenvalue weighted by Gasteiger charge is 2.31. The Balaban J connectivity index is 0.00000392. The molecule has 28 heavy (non-hydrogen) atoms. The minimum absolute atomic E-state index is 0. The molecular formula is C19H21ClF3N3O2. The molecule has 2 aromatic carbocycles. The van der Waals surface area contributed by atoms with E-state index in [-0.39, 0.29) is 18.0 Å². The Hall–Kier alpha value is -2.58. The van der Waals surface area contributed by atoms with Crippen LogP contribution in [0.25, 0.3) is 0 Å². The van der Waals surface area contributed by atoms with Crippen molar-refractivity contribution in [2.24, 2.45) is 5.73 Å². The van der Waals surface area contributed by atoms with Crippen LogP contribution in [0.3, 0.4) is 0 Å². The molecule has 2 amide bonds. The summed E-state index contributed by atoms with van der Waals surface area (Å²) >= 11 is 0. The third-order valence-corrected chi connectivity index (χ3v) is 4.04. The van der Waals surface area contributed by atoms with E-state index in [0.29, 0.717) is 16.8 Å². The lowest BCUT2D eigenvalue weighted by Crippen LogP contribution is -2.45. The number of nitrogens with two attached hydrogens (primary N) is 1. The fourth-order valence-corrected chi connectivity index (χ4v) is 2.35. The van der Waals surface area contributed by atoms with E-state index in [1.807, 2.05) is 0 Å². The van der Waals surface area contributed by atoms with Gasteiger partial charge in [0.05, 0.1) is 0 Å². The largest absolute Gasteiger partial charge is 0.405 e. The fourth-order valence-electron chi connectivity index (χ4n) is 2.35. The minimum atomic E-state index is -4.51. The van der Waals surface area contributed by atoms with Crippen LogP contribution in [0.15, 0.2) is 48.5 Å². The van der Waals surface area contributed by atoms with E-state index in [0.717, 1.165) is 0 Å². The molecule has 152 valence electrons. The molecule has 0 aliphatic heterocycles. The molecule has 0 radical (unpaired) electrons. The van der Waals surface area contributed by atoms with E-state index in [1.54, 1.807) is 49.5 Å². The zero-order valence-electron chi connectivity index (χ0n) is 15.3. The van der Waals surface area contributed by atoms with Crippen molar-refractivity contribution >= 4 is 29.9 Å². The number of anilines is 1. The fraction of sp³-hybridized carbons (Fsp3) is 0.263. The van der Waals surface area contributed by atoms with Crippen LogP contribution >= 0.6 is 12.4 Å². The van der Waals surface area contributed by atoms with Gasteiger partial charge in [-0.05, 0) is 37.1 Å². The maximum Gasteiger partial charge on any atom is 0.405 e.